The first-order chi connectivity index (χ1) is 13.0. The number of ether oxygens (including phenoxy) is 1. The fraction of sp³-hybridized carbons (Fsp3) is 0.409. The van der Waals surface area contributed by atoms with Gasteiger partial charge in [0.15, 0.2) is 0 Å². The van der Waals surface area contributed by atoms with Crippen LogP contribution in [0.5, 0.6) is 5.75 Å². The van der Waals surface area contributed by atoms with Crippen molar-refractivity contribution in [3.05, 3.63) is 59.7 Å². The zero-order valence-electron chi connectivity index (χ0n) is 16.4. The minimum absolute atomic E-state index is 0.00130. The number of urea groups is 1. The summed E-state index contributed by atoms with van der Waals surface area (Å²) in [6, 6.07) is 16.4. The summed E-state index contributed by atoms with van der Waals surface area (Å²) in [5.41, 5.74) is 3.56. The van der Waals surface area contributed by atoms with Gasteiger partial charge in [0.1, 0.15) is 5.75 Å². The number of carbonyl (C=O) groups is 1. The Morgan fingerprint density at radius 1 is 1.07 bits per heavy atom. The van der Waals surface area contributed by atoms with E-state index in [4.69, 9.17) is 4.74 Å². The standard InChI is InChI=1S/C22H29N3O2/c1-17(2)27-21-9-7-19(8-10-21)16-23-22(26)25-13-11-24(12-14-25)20-6-4-5-18(3)15-20/h4-10,15,17H,11-14,16H2,1-3H3,(H,23,26). The smallest absolute Gasteiger partial charge is 0.317 e. The number of carbonyl (C=O) groups excluding carboxylic acids is 1. The van der Waals surface area contributed by atoms with Gasteiger partial charge in [0.2, 0.25) is 0 Å². The van der Waals surface area contributed by atoms with Crippen LogP contribution in [-0.4, -0.2) is 43.2 Å². The van der Waals surface area contributed by atoms with Crippen LogP contribution in [0.3, 0.4) is 0 Å². The maximum Gasteiger partial charge on any atom is 0.317 e. The first-order valence-electron chi connectivity index (χ1n) is 9.61. The van der Waals surface area contributed by atoms with E-state index in [0.717, 1.165) is 37.5 Å². The molecule has 1 fully saturated rings. The van der Waals surface area contributed by atoms with Gasteiger partial charge >= 0.3 is 6.03 Å². The minimum Gasteiger partial charge on any atom is -0.491 e. The summed E-state index contributed by atoms with van der Waals surface area (Å²) in [6.07, 6.45) is 0.161. The highest BCUT2D eigenvalue weighted by Crippen LogP contribution is 2.18. The Bertz CT molecular complexity index is 750. The van der Waals surface area contributed by atoms with Crippen molar-refractivity contribution in [2.45, 2.75) is 33.4 Å². The molecule has 0 radical (unpaired) electrons. The van der Waals surface area contributed by atoms with Crippen molar-refractivity contribution in [2.24, 2.45) is 0 Å². The molecule has 0 unspecified atom stereocenters. The molecule has 0 atom stereocenters. The third kappa shape index (κ3) is 5.39. The molecule has 0 saturated carbocycles. The van der Waals surface area contributed by atoms with Crippen molar-refractivity contribution in [1.29, 1.82) is 0 Å². The SMILES string of the molecule is Cc1cccc(N2CCN(C(=O)NCc3ccc(OC(C)C)cc3)CC2)c1. The average molecular weight is 367 g/mol. The van der Waals surface area contributed by atoms with Gasteiger partial charge in [0.25, 0.3) is 0 Å². The molecular weight excluding hydrogens is 338 g/mol. The van der Waals surface area contributed by atoms with E-state index in [1.165, 1.54) is 11.3 Å². The van der Waals surface area contributed by atoms with Gasteiger partial charge in [0, 0.05) is 38.4 Å². The van der Waals surface area contributed by atoms with E-state index < -0.39 is 0 Å². The zero-order chi connectivity index (χ0) is 19.2. The molecule has 3 rings (SSSR count). The highest BCUT2D eigenvalue weighted by Gasteiger charge is 2.21. The molecule has 2 aromatic carbocycles. The maximum absolute atomic E-state index is 12.5. The summed E-state index contributed by atoms with van der Waals surface area (Å²) < 4.78 is 5.64. The summed E-state index contributed by atoms with van der Waals surface area (Å²) in [5, 5.41) is 3.02. The molecule has 1 saturated heterocycles. The third-order valence-corrected chi connectivity index (χ3v) is 4.67. The fourth-order valence-electron chi connectivity index (χ4n) is 3.24. The first-order valence-corrected chi connectivity index (χ1v) is 9.61. The number of hydrogen-bond acceptors (Lipinski definition) is 3. The van der Waals surface area contributed by atoms with E-state index in [2.05, 4.69) is 41.4 Å². The molecule has 0 aromatic heterocycles. The zero-order valence-corrected chi connectivity index (χ0v) is 16.4. The molecule has 1 aliphatic heterocycles. The molecule has 5 nitrogen and oxygen atoms in total. The lowest BCUT2D eigenvalue weighted by Gasteiger charge is -2.36. The van der Waals surface area contributed by atoms with Gasteiger partial charge < -0.3 is 19.9 Å². The fourth-order valence-corrected chi connectivity index (χ4v) is 3.24. The Morgan fingerprint density at radius 3 is 2.41 bits per heavy atom. The van der Waals surface area contributed by atoms with Crippen molar-refractivity contribution in [1.82, 2.24) is 10.2 Å². The molecule has 5 heteroatoms. The Morgan fingerprint density at radius 2 is 1.78 bits per heavy atom. The summed E-state index contributed by atoms with van der Waals surface area (Å²) in [4.78, 5) is 16.7. The highest BCUT2D eigenvalue weighted by atomic mass is 16.5. The first kappa shape index (κ1) is 19.1. The summed E-state index contributed by atoms with van der Waals surface area (Å²) in [5.74, 6) is 0.854. The number of nitrogens with zero attached hydrogens (tertiary/aromatic N) is 2. The number of aryl methyl sites for hydroxylation is 1. The maximum atomic E-state index is 12.5. The number of amides is 2. The number of nitrogens with one attached hydrogen (secondary N) is 1. The van der Waals surface area contributed by atoms with Gasteiger partial charge in [-0.15, -0.1) is 0 Å². The Hall–Kier alpha value is -2.69. The van der Waals surface area contributed by atoms with Crippen molar-refractivity contribution >= 4 is 11.7 Å². The molecule has 2 aromatic rings. The summed E-state index contributed by atoms with van der Waals surface area (Å²) in [7, 11) is 0. The lowest BCUT2D eigenvalue weighted by molar-refractivity contribution is 0.194. The average Bonchev–Trinajstić information content (AvgIpc) is 2.67. The number of benzene rings is 2. The molecule has 144 valence electrons. The molecule has 27 heavy (non-hydrogen) atoms. The predicted molar refractivity (Wildman–Crippen MR) is 109 cm³/mol. The molecule has 1 aliphatic rings. The van der Waals surface area contributed by atoms with Crippen molar-refractivity contribution < 1.29 is 9.53 Å². The molecular formula is C22H29N3O2. The van der Waals surface area contributed by atoms with Crippen LogP contribution in [0.15, 0.2) is 48.5 Å². The topological polar surface area (TPSA) is 44.8 Å². The van der Waals surface area contributed by atoms with Gasteiger partial charge in [-0.05, 0) is 56.2 Å². The third-order valence-electron chi connectivity index (χ3n) is 4.67. The van der Waals surface area contributed by atoms with E-state index >= 15 is 0 Å². The van der Waals surface area contributed by atoms with Gasteiger partial charge in [-0.25, -0.2) is 4.79 Å². The second kappa shape index (κ2) is 8.80. The van der Waals surface area contributed by atoms with Gasteiger partial charge in [-0.2, -0.15) is 0 Å². The normalized spacial score (nSPS) is 14.4. The van der Waals surface area contributed by atoms with Gasteiger partial charge in [0.05, 0.1) is 6.10 Å². The van der Waals surface area contributed by atoms with E-state index in [-0.39, 0.29) is 12.1 Å². The molecule has 0 spiro atoms. The number of piperazine rings is 1. The van der Waals surface area contributed by atoms with Crippen molar-refractivity contribution in [3.8, 4) is 5.75 Å². The molecule has 0 aliphatic carbocycles. The van der Waals surface area contributed by atoms with Crippen LogP contribution in [0.4, 0.5) is 10.5 Å². The van der Waals surface area contributed by atoms with E-state index in [0.29, 0.717) is 6.54 Å². The van der Waals surface area contributed by atoms with E-state index in [9.17, 15) is 4.79 Å². The van der Waals surface area contributed by atoms with Crippen LogP contribution >= 0.6 is 0 Å². The molecule has 1 N–H and O–H groups in total. The van der Waals surface area contributed by atoms with Crippen molar-refractivity contribution in [3.63, 3.8) is 0 Å². The van der Waals surface area contributed by atoms with Crippen LogP contribution < -0.4 is 15.0 Å². The Kier molecular flexibility index (Phi) is 6.22. The molecule has 2 amide bonds. The van der Waals surface area contributed by atoms with Crippen LogP contribution in [-0.2, 0) is 6.54 Å². The summed E-state index contributed by atoms with van der Waals surface area (Å²) >= 11 is 0. The Labute approximate surface area is 161 Å². The van der Waals surface area contributed by atoms with Crippen LogP contribution in [0, 0.1) is 6.92 Å². The quantitative estimate of drug-likeness (QED) is 0.874. The predicted octanol–water partition coefficient (Wildman–Crippen LogP) is 3.81. The molecule has 1 heterocycles. The van der Waals surface area contributed by atoms with Crippen molar-refractivity contribution in [2.75, 3.05) is 31.1 Å². The summed E-state index contributed by atoms with van der Waals surface area (Å²) in [6.45, 7) is 9.84. The van der Waals surface area contributed by atoms with Crippen LogP contribution in [0.25, 0.3) is 0 Å². The van der Waals surface area contributed by atoms with Crippen LogP contribution in [0.1, 0.15) is 25.0 Å². The van der Waals surface area contributed by atoms with Crippen LogP contribution in [0.2, 0.25) is 0 Å². The molecule has 0 bridgehead atoms. The number of anilines is 1. The van der Waals surface area contributed by atoms with Gasteiger partial charge in [-0.1, -0.05) is 24.3 Å². The Balaban J connectivity index is 1.45. The minimum atomic E-state index is 0.00130. The lowest BCUT2D eigenvalue weighted by atomic mass is 10.2. The monoisotopic (exact) mass is 367 g/mol. The van der Waals surface area contributed by atoms with Gasteiger partial charge in [-0.3, -0.25) is 0 Å². The largest absolute Gasteiger partial charge is 0.491 e. The number of rotatable bonds is 5. The van der Waals surface area contributed by atoms with E-state index in [1.807, 2.05) is 43.0 Å². The second-order valence-electron chi connectivity index (χ2n) is 7.28. The second-order valence-corrected chi connectivity index (χ2v) is 7.28. The number of hydrogen-bond donors (Lipinski definition) is 1. The lowest BCUT2D eigenvalue weighted by Crippen LogP contribution is -2.51. The van der Waals surface area contributed by atoms with E-state index in [1.54, 1.807) is 0 Å². The highest BCUT2D eigenvalue weighted by molar-refractivity contribution is 5.74.